The molecule has 0 saturated carbocycles. The molecule has 0 aliphatic carbocycles. The lowest BCUT2D eigenvalue weighted by Gasteiger charge is -2.00. The van der Waals surface area contributed by atoms with Crippen molar-refractivity contribution in [3.63, 3.8) is 0 Å². The van der Waals surface area contributed by atoms with E-state index in [1.165, 1.54) is 0 Å². The van der Waals surface area contributed by atoms with Gasteiger partial charge in [0.2, 0.25) is 0 Å². The van der Waals surface area contributed by atoms with Crippen molar-refractivity contribution in [3.8, 4) is 12.3 Å². The third-order valence-electron chi connectivity index (χ3n) is 1.27. The van der Waals surface area contributed by atoms with Gasteiger partial charge in [-0.05, 0) is 5.56 Å². The maximum absolute atomic E-state index is 9.09. The zero-order valence-corrected chi connectivity index (χ0v) is 5.49. The van der Waals surface area contributed by atoms with Crippen molar-refractivity contribution < 1.29 is 5.11 Å². The molecule has 50 valence electrons. The predicted octanol–water partition coefficient (Wildman–Crippen LogP) is 1.35. The summed E-state index contributed by atoms with van der Waals surface area (Å²) in [5, 5.41) is 9.09. The van der Waals surface area contributed by atoms with Gasteiger partial charge in [0.25, 0.3) is 0 Å². The van der Waals surface area contributed by atoms with Crippen LogP contribution in [0.3, 0.4) is 0 Å². The normalized spacial score (nSPS) is 12.0. The summed E-state index contributed by atoms with van der Waals surface area (Å²) < 4.78 is 0. The fourth-order valence-electron chi connectivity index (χ4n) is 0.732. The van der Waals surface area contributed by atoms with Crippen molar-refractivity contribution in [2.45, 2.75) is 6.10 Å². The molecular formula is C9H8O. The van der Waals surface area contributed by atoms with E-state index in [2.05, 4.69) is 5.92 Å². The molecule has 0 saturated heterocycles. The molecule has 0 fully saturated rings. The van der Waals surface area contributed by atoms with Crippen LogP contribution in [0.15, 0.2) is 30.3 Å². The van der Waals surface area contributed by atoms with E-state index < -0.39 is 6.10 Å². The molecule has 1 rings (SSSR count). The zero-order valence-electron chi connectivity index (χ0n) is 5.49. The highest BCUT2D eigenvalue weighted by atomic mass is 16.3. The summed E-state index contributed by atoms with van der Waals surface area (Å²) in [4.78, 5) is 0. The minimum Gasteiger partial charge on any atom is -0.376 e. The standard InChI is InChI=1S/C9H8O/c1-2-9(10)8-6-4-3-5-7-8/h1,3-7,9-10H/t9-/m1/s1. The molecule has 1 nitrogen and oxygen atoms in total. The number of aliphatic hydroxyl groups excluding tert-OH is 1. The van der Waals surface area contributed by atoms with Gasteiger partial charge in [0.1, 0.15) is 6.10 Å². The van der Waals surface area contributed by atoms with Gasteiger partial charge in [-0.15, -0.1) is 6.42 Å². The van der Waals surface area contributed by atoms with E-state index in [1.807, 2.05) is 18.2 Å². The second-order valence-electron chi connectivity index (χ2n) is 1.98. The fourth-order valence-corrected chi connectivity index (χ4v) is 0.732. The van der Waals surface area contributed by atoms with Gasteiger partial charge in [-0.2, -0.15) is 0 Å². The Morgan fingerprint density at radius 2 is 1.90 bits per heavy atom. The Bertz CT molecular complexity index is 233. The van der Waals surface area contributed by atoms with Crippen LogP contribution in [0.2, 0.25) is 0 Å². The lowest BCUT2D eigenvalue weighted by Crippen LogP contribution is -1.90. The second kappa shape index (κ2) is 3.05. The van der Waals surface area contributed by atoms with Crippen molar-refractivity contribution in [2.75, 3.05) is 0 Å². The summed E-state index contributed by atoms with van der Waals surface area (Å²) in [5.41, 5.74) is 0.769. The first-order valence-corrected chi connectivity index (χ1v) is 3.03. The van der Waals surface area contributed by atoms with E-state index in [4.69, 9.17) is 11.5 Å². The van der Waals surface area contributed by atoms with Gasteiger partial charge in [0.05, 0.1) is 0 Å². The Morgan fingerprint density at radius 3 is 2.40 bits per heavy atom. The van der Waals surface area contributed by atoms with E-state index in [-0.39, 0.29) is 0 Å². The summed E-state index contributed by atoms with van der Waals surface area (Å²) in [6, 6.07) is 9.16. The Hall–Kier alpha value is -1.26. The third-order valence-corrected chi connectivity index (χ3v) is 1.27. The van der Waals surface area contributed by atoms with E-state index in [9.17, 15) is 0 Å². The van der Waals surface area contributed by atoms with Crippen molar-refractivity contribution in [1.29, 1.82) is 0 Å². The third kappa shape index (κ3) is 1.37. The fraction of sp³-hybridized carbons (Fsp3) is 0.111. The summed E-state index contributed by atoms with van der Waals surface area (Å²) in [5.74, 6) is 2.24. The maximum atomic E-state index is 9.09. The quantitative estimate of drug-likeness (QED) is 0.572. The zero-order chi connectivity index (χ0) is 7.40. The van der Waals surface area contributed by atoms with E-state index in [1.54, 1.807) is 12.1 Å². The molecule has 10 heavy (non-hydrogen) atoms. The molecule has 1 aromatic rings. The van der Waals surface area contributed by atoms with Crippen LogP contribution in [0, 0.1) is 12.3 Å². The molecule has 0 radical (unpaired) electrons. The smallest absolute Gasteiger partial charge is 0.139 e. The first-order chi connectivity index (χ1) is 4.84. The van der Waals surface area contributed by atoms with Crippen LogP contribution in [0.25, 0.3) is 0 Å². The number of terminal acetylenes is 1. The summed E-state index contributed by atoms with van der Waals surface area (Å²) >= 11 is 0. The molecule has 0 aromatic heterocycles. The Kier molecular flexibility index (Phi) is 2.09. The molecular weight excluding hydrogens is 124 g/mol. The highest BCUT2D eigenvalue weighted by Crippen LogP contribution is 2.09. The average Bonchev–Trinajstić information content (AvgIpc) is 2.05. The molecule has 0 bridgehead atoms. The maximum Gasteiger partial charge on any atom is 0.139 e. The van der Waals surface area contributed by atoms with Crippen molar-refractivity contribution in [2.24, 2.45) is 0 Å². The van der Waals surface area contributed by atoms with Crippen LogP contribution in [0.4, 0.5) is 0 Å². The number of aliphatic hydroxyl groups is 1. The van der Waals surface area contributed by atoms with Gasteiger partial charge < -0.3 is 5.11 Å². The molecule has 0 amide bonds. The first kappa shape index (κ1) is 6.85. The van der Waals surface area contributed by atoms with Crippen LogP contribution in [-0.4, -0.2) is 5.11 Å². The Balaban J connectivity index is 2.88. The number of hydrogen-bond acceptors (Lipinski definition) is 1. The lowest BCUT2D eigenvalue weighted by atomic mass is 10.1. The van der Waals surface area contributed by atoms with Gasteiger partial charge in [-0.25, -0.2) is 0 Å². The minimum absolute atomic E-state index is 0.763. The molecule has 0 heterocycles. The molecule has 1 aromatic carbocycles. The monoisotopic (exact) mass is 132 g/mol. The molecule has 1 N–H and O–H groups in total. The Morgan fingerprint density at radius 1 is 1.30 bits per heavy atom. The minimum atomic E-state index is -0.763. The SMILES string of the molecule is C#C[C@@H](O)c1ccccc1. The van der Waals surface area contributed by atoms with Crippen LogP contribution < -0.4 is 0 Å². The predicted molar refractivity (Wildman–Crippen MR) is 40.2 cm³/mol. The topological polar surface area (TPSA) is 20.2 Å². The van der Waals surface area contributed by atoms with Gasteiger partial charge in [-0.1, -0.05) is 36.3 Å². The van der Waals surface area contributed by atoms with Crippen molar-refractivity contribution >= 4 is 0 Å². The van der Waals surface area contributed by atoms with Crippen molar-refractivity contribution in [1.82, 2.24) is 0 Å². The second-order valence-corrected chi connectivity index (χ2v) is 1.98. The van der Waals surface area contributed by atoms with Crippen LogP contribution in [0.1, 0.15) is 11.7 Å². The molecule has 0 unspecified atom stereocenters. The first-order valence-electron chi connectivity index (χ1n) is 3.03. The number of hydrogen-bond donors (Lipinski definition) is 1. The molecule has 1 atom stereocenters. The number of rotatable bonds is 1. The lowest BCUT2D eigenvalue weighted by molar-refractivity contribution is 0.238. The van der Waals surface area contributed by atoms with E-state index >= 15 is 0 Å². The van der Waals surface area contributed by atoms with Crippen LogP contribution >= 0.6 is 0 Å². The number of benzene rings is 1. The average molecular weight is 132 g/mol. The molecule has 0 aliphatic heterocycles. The van der Waals surface area contributed by atoms with Crippen LogP contribution in [0.5, 0.6) is 0 Å². The van der Waals surface area contributed by atoms with Gasteiger partial charge >= 0.3 is 0 Å². The van der Waals surface area contributed by atoms with Crippen molar-refractivity contribution in [3.05, 3.63) is 35.9 Å². The Labute approximate surface area is 60.3 Å². The summed E-state index contributed by atoms with van der Waals surface area (Å²) in [6.07, 6.45) is 4.24. The van der Waals surface area contributed by atoms with Gasteiger partial charge in [0.15, 0.2) is 0 Å². The van der Waals surface area contributed by atoms with Crippen LogP contribution in [-0.2, 0) is 0 Å². The summed E-state index contributed by atoms with van der Waals surface area (Å²) in [7, 11) is 0. The van der Waals surface area contributed by atoms with E-state index in [0.29, 0.717) is 0 Å². The van der Waals surface area contributed by atoms with E-state index in [0.717, 1.165) is 5.56 Å². The van der Waals surface area contributed by atoms with Gasteiger partial charge in [0, 0.05) is 0 Å². The summed E-state index contributed by atoms with van der Waals surface area (Å²) in [6.45, 7) is 0. The molecule has 1 heteroatoms. The largest absolute Gasteiger partial charge is 0.376 e. The highest BCUT2D eigenvalue weighted by Gasteiger charge is 1.98. The van der Waals surface area contributed by atoms with Gasteiger partial charge in [-0.3, -0.25) is 0 Å². The highest BCUT2D eigenvalue weighted by molar-refractivity contribution is 5.22. The molecule has 0 aliphatic rings. The molecule has 0 spiro atoms.